The van der Waals surface area contributed by atoms with Gasteiger partial charge in [-0.2, -0.15) is 17.5 Å². The molecule has 0 aromatic heterocycles. The first-order valence-corrected chi connectivity index (χ1v) is 11.4. The summed E-state index contributed by atoms with van der Waals surface area (Å²) in [6.45, 7) is 7.19. The lowest BCUT2D eigenvalue weighted by Gasteiger charge is -2.30. The van der Waals surface area contributed by atoms with Crippen LogP contribution in [0.3, 0.4) is 0 Å². The molecule has 1 aliphatic heterocycles. The molecule has 1 aliphatic rings. The van der Waals surface area contributed by atoms with Crippen LogP contribution in [0.4, 0.5) is 13.2 Å². The third-order valence-corrected chi connectivity index (χ3v) is 6.13. The predicted octanol–water partition coefficient (Wildman–Crippen LogP) is 1.55. The average Bonchev–Trinajstić information content (AvgIpc) is 2.74. The molecule has 0 radical (unpaired) electrons. The molecule has 1 aromatic carbocycles. The van der Waals surface area contributed by atoms with Crippen molar-refractivity contribution in [2.75, 3.05) is 45.9 Å². The molecule has 2 rings (SSSR count). The standard InChI is InChI=1S/C17H27N3O4S.C2HF3O2/c1-3-11-20(14-17(21)19-12-9-18-10-13-19)25(22,23)16-7-5-15(6-8-16)24-4-2;3-2(4,5)1(6)7/h5-8,18H,3-4,9-14H2,1-2H3;(H,6,7). The summed E-state index contributed by atoms with van der Waals surface area (Å²) < 4.78 is 64.2. The van der Waals surface area contributed by atoms with Gasteiger partial charge < -0.3 is 20.1 Å². The van der Waals surface area contributed by atoms with Gasteiger partial charge in [-0.25, -0.2) is 13.2 Å². The number of nitrogens with zero attached hydrogens (tertiary/aromatic N) is 2. The van der Waals surface area contributed by atoms with Gasteiger partial charge in [0.2, 0.25) is 15.9 Å². The Morgan fingerprint density at radius 2 is 1.69 bits per heavy atom. The molecule has 0 spiro atoms. The lowest BCUT2D eigenvalue weighted by atomic mass is 10.3. The molecule has 1 saturated heterocycles. The molecule has 182 valence electrons. The third kappa shape index (κ3) is 8.63. The maximum atomic E-state index is 12.9. The topological polar surface area (TPSA) is 116 Å². The van der Waals surface area contributed by atoms with E-state index in [2.05, 4.69) is 5.32 Å². The molecule has 2 N–H and O–H groups in total. The van der Waals surface area contributed by atoms with Gasteiger partial charge in [0, 0.05) is 32.7 Å². The number of piperazine rings is 1. The van der Waals surface area contributed by atoms with Crippen molar-refractivity contribution < 1.29 is 41.0 Å². The largest absolute Gasteiger partial charge is 0.494 e. The average molecular weight is 484 g/mol. The molecule has 0 aliphatic carbocycles. The van der Waals surface area contributed by atoms with Crippen molar-refractivity contribution in [2.45, 2.75) is 31.3 Å². The number of amides is 1. The third-order valence-electron chi connectivity index (χ3n) is 4.27. The number of hydrogen-bond donors (Lipinski definition) is 2. The molecule has 1 aromatic rings. The van der Waals surface area contributed by atoms with Gasteiger partial charge in [0.1, 0.15) is 5.75 Å². The van der Waals surface area contributed by atoms with E-state index >= 15 is 0 Å². The van der Waals surface area contributed by atoms with Crippen molar-refractivity contribution in [1.29, 1.82) is 0 Å². The van der Waals surface area contributed by atoms with Crippen LogP contribution in [-0.2, 0) is 19.6 Å². The van der Waals surface area contributed by atoms with Crippen LogP contribution in [-0.4, -0.2) is 86.7 Å². The van der Waals surface area contributed by atoms with E-state index in [1.807, 2.05) is 13.8 Å². The van der Waals surface area contributed by atoms with Crippen molar-refractivity contribution in [3.05, 3.63) is 24.3 Å². The Kier molecular flexibility index (Phi) is 10.9. The minimum atomic E-state index is -5.08. The summed E-state index contributed by atoms with van der Waals surface area (Å²) in [5.74, 6) is -2.28. The van der Waals surface area contributed by atoms with E-state index < -0.39 is 22.2 Å². The molecular weight excluding hydrogens is 455 g/mol. The van der Waals surface area contributed by atoms with Crippen LogP contribution in [0.1, 0.15) is 20.3 Å². The van der Waals surface area contributed by atoms with Crippen LogP contribution < -0.4 is 10.1 Å². The van der Waals surface area contributed by atoms with E-state index in [-0.39, 0.29) is 17.3 Å². The van der Waals surface area contributed by atoms with Crippen molar-refractivity contribution >= 4 is 21.9 Å². The second-order valence-electron chi connectivity index (χ2n) is 6.68. The number of carboxylic acids is 1. The Labute approximate surface area is 185 Å². The lowest BCUT2D eigenvalue weighted by molar-refractivity contribution is -0.192. The van der Waals surface area contributed by atoms with Gasteiger partial charge >= 0.3 is 12.1 Å². The maximum Gasteiger partial charge on any atom is 0.490 e. The van der Waals surface area contributed by atoms with Gasteiger partial charge in [0.25, 0.3) is 0 Å². The molecule has 1 heterocycles. The van der Waals surface area contributed by atoms with E-state index in [0.717, 1.165) is 13.1 Å². The smallest absolute Gasteiger partial charge is 0.490 e. The van der Waals surface area contributed by atoms with E-state index in [1.165, 1.54) is 16.4 Å². The first-order valence-electron chi connectivity index (χ1n) is 9.95. The van der Waals surface area contributed by atoms with Crippen LogP contribution >= 0.6 is 0 Å². The van der Waals surface area contributed by atoms with Gasteiger partial charge in [-0.15, -0.1) is 0 Å². The normalized spacial score (nSPS) is 14.5. The zero-order chi connectivity index (χ0) is 24.4. The number of aliphatic carboxylic acids is 1. The summed E-state index contributed by atoms with van der Waals surface area (Å²) in [5.41, 5.74) is 0. The molecule has 0 bridgehead atoms. The molecular formula is C19H28F3N3O6S. The number of halogens is 3. The van der Waals surface area contributed by atoms with E-state index in [4.69, 9.17) is 14.6 Å². The Morgan fingerprint density at radius 1 is 1.16 bits per heavy atom. The zero-order valence-corrected chi connectivity index (χ0v) is 18.7. The Morgan fingerprint density at radius 3 is 2.12 bits per heavy atom. The second-order valence-corrected chi connectivity index (χ2v) is 8.61. The van der Waals surface area contributed by atoms with Crippen LogP contribution in [0, 0.1) is 0 Å². The molecule has 0 atom stereocenters. The number of carboxylic acid groups (broad SMARTS) is 1. The molecule has 32 heavy (non-hydrogen) atoms. The van der Waals surface area contributed by atoms with Gasteiger partial charge in [0.15, 0.2) is 0 Å². The van der Waals surface area contributed by atoms with Crippen molar-refractivity contribution in [3.63, 3.8) is 0 Å². The SMILES string of the molecule is CCCN(CC(=O)N1CCNCC1)S(=O)(=O)c1ccc(OCC)cc1.O=C(O)C(F)(F)F. The minimum Gasteiger partial charge on any atom is -0.494 e. The predicted molar refractivity (Wildman–Crippen MR) is 110 cm³/mol. The van der Waals surface area contributed by atoms with Crippen LogP contribution in [0.15, 0.2) is 29.2 Å². The number of benzene rings is 1. The number of ether oxygens (including phenoxy) is 1. The number of carbonyl (C=O) groups is 2. The highest BCUT2D eigenvalue weighted by Crippen LogP contribution is 2.20. The van der Waals surface area contributed by atoms with Gasteiger partial charge in [-0.3, -0.25) is 4.79 Å². The number of rotatable bonds is 8. The van der Waals surface area contributed by atoms with E-state index in [9.17, 15) is 26.4 Å². The monoisotopic (exact) mass is 483 g/mol. The van der Waals surface area contributed by atoms with Gasteiger partial charge in [-0.05, 0) is 37.6 Å². The number of nitrogens with one attached hydrogen (secondary N) is 1. The zero-order valence-electron chi connectivity index (χ0n) is 17.9. The summed E-state index contributed by atoms with van der Waals surface area (Å²) in [5, 5.41) is 10.3. The highest BCUT2D eigenvalue weighted by atomic mass is 32.2. The highest BCUT2D eigenvalue weighted by molar-refractivity contribution is 7.89. The fourth-order valence-corrected chi connectivity index (χ4v) is 4.20. The van der Waals surface area contributed by atoms with E-state index in [1.54, 1.807) is 17.0 Å². The lowest BCUT2D eigenvalue weighted by Crippen LogP contribution is -2.50. The maximum absolute atomic E-state index is 12.9. The van der Waals surface area contributed by atoms with Gasteiger partial charge in [0.05, 0.1) is 18.0 Å². The quantitative estimate of drug-likeness (QED) is 0.576. The Bertz CT molecular complexity index is 841. The molecule has 1 amide bonds. The number of sulfonamides is 1. The number of hydrogen-bond acceptors (Lipinski definition) is 6. The summed E-state index contributed by atoms with van der Waals surface area (Å²) in [6, 6.07) is 6.33. The fourth-order valence-electron chi connectivity index (χ4n) is 2.72. The number of carbonyl (C=O) groups excluding carboxylic acids is 1. The number of alkyl halides is 3. The summed E-state index contributed by atoms with van der Waals surface area (Å²) in [4.78, 5) is 23.3. The van der Waals surface area contributed by atoms with Crippen LogP contribution in [0.25, 0.3) is 0 Å². The first-order chi connectivity index (χ1) is 14.9. The first kappa shape index (κ1) is 27.7. The Balaban J connectivity index is 0.000000633. The second kappa shape index (κ2) is 12.6. The van der Waals surface area contributed by atoms with Crippen LogP contribution in [0.5, 0.6) is 5.75 Å². The highest BCUT2D eigenvalue weighted by Gasteiger charge is 2.38. The molecule has 0 unspecified atom stereocenters. The van der Waals surface area contributed by atoms with Crippen LogP contribution in [0.2, 0.25) is 0 Å². The molecule has 9 nitrogen and oxygen atoms in total. The molecule has 13 heteroatoms. The molecule has 1 fully saturated rings. The summed E-state index contributed by atoms with van der Waals surface area (Å²) in [7, 11) is -3.71. The fraction of sp³-hybridized carbons (Fsp3) is 0.579. The summed E-state index contributed by atoms with van der Waals surface area (Å²) in [6.07, 6.45) is -4.44. The van der Waals surface area contributed by atoms with Crippen molar-refractivity contribution in [2.24, 2.45) is 0 Å². The molecule has 0 saturated carbocycles. The minimum absolute atomic E-state index is 0.122. The van der Waals surface area contributed by atoms with Crippen molar-refractivity contribution in [3.8, 4) is 5.75 Å². The summed E-state index contributed by atoms with van der Waals surface area (Å²) >= 11 is 0. The van der Waals surface area contributed by atoms with Crippen molar-refractivity contribution in [1.82, 2.24) is 14.5 Å². The van der Waals surface area contributed by atoms with E-state index in [0.29, 0.717) is 38.4 Å². The Hall–Kier alpha value is -2.38. The van der Waals surface area contributed by atoms with Gasteiger partial charge in [-0.1, -0.05) is 6.92 Å².